The predicted octanol–water partition coefficient (Wildman–Crippen LogP) is 3.90. The van der Waals surface area contributed by atoms with Crippen molar-refractivity contribution in [2.75, 3.05) is 36.4 Å². The van der Waals surface area contributed by atoms with Gasteiger partial charge in [0.2, 0.25) is 23.4 Å². The maximum absolute atomic E-state index is 13.2. The number of rotatable bonds is 5. The molecule has 3 aromatic rings. The Hall–Kier alpha value is -4.06. The second kappa shape index (κ2) is 10.1. The molecule has 0 unspecified atom stereocenters. The number of hydrogen-bond acceptors (Lipinski definition) is 7. The van der Waals surface area contributed by atoms with Crippen LogP contribution in [0.5, 0.6) is 0 Å². The number of nitrogens with one attached hydrogen (secondary N) is 1. The minimum absolute atomic E-state index is 0.0193. The van der Waals surface area contributed by atoms with E-state index < -0.39 is 0 Å². The topological polar surface area (TPSA) is 116 Å². The molecule has 2 aliphatic heterocycles. The van der Waals surface area contributed by atoms with E-state index in [-0.39, 0.29) is 35.2 Å². The van der Waals surface area contributed by atoms with E-state index in [1.165, 1.54) is 6.26 Å². The van der Waals surface area contributed by atoms with Crippen molar-refractivity contribution < 1.29 is 18.4 Å². The van der Waals surface area contributed by atoms with Crippen LogP contribution in [0.15, 0.2) is 57.6 Å². The number of nitriles is 1. The first kappa shape index (κ1) is 22.7. The van der Waals surface area contributed by atoms with Crippen LogP contribution in [-0.4, -0.2) is 47.9 Å². The number of furan rings is 1. The Morgan fingerprint density at radius 3 is 2.34 bits per heavy atom. The van der Waals surface area contributed by atoms with Crippen molar-refractivity contribution in [1.29, 1.82) is 5.26 Å². The van der Waals surface area contributed by atoms with Crippen molar-refractivity contribution in [3.05, 3.63) is 54.4 Å². The van der Waals surface area contributed by atoms with Crippen LogP contribution in [0.2, 0.25) is 0 Å². The Morgan fingerprint density at radius 1 is 0.971 bits per heavy atom. The third-order valence-electron chi connectivity index (χ3n) is 6.80. The number of likely N-dealkylation sites (tertiary alicyclic amines) is 1. The molecule has 4 heterocycles. The number of oxazole rings is 1. The number of amides is 2. The normalized spacial score (nSPS) is 17.2. The fourth-order valence-electron chi connectivity index (χ4n) is 4.82. The SMILES string of the molecule is N#Cc1nc(-c2ccco2)oc1N1CCC(C(=O)N2CCC(C(=O)Nc3ccccc3)CC2)CC1. The molecular weight excluding hydrogens is 446 g/mol. The molecule has 0 aliphatic carbocycles. The second-order valence-electron chi connectivity index (χ2n) is 8.98. The molecule has 1 N–H and O–H groups in total. The molecule has 9 nitrogen and oxygen atoms in total. The summed E-state index contributed by atoms with van der Waals surface area (Å²) in [7, 11) is 0. The van der Waals surface area contributed by atoms with Gasteiger partial charge in [0.25, 0.3) is 5.89 Å². The fourth-order valence-corrected chi connectivity index (χ4v) is 4.82. The molecule has 0 radical (unpaired) electrons. The van der Waals surface area contributed by atoms with Gasteiger partial charge in [0.15, 0.2) is 5.76 Å². The highest BCUT2D eigenvalue weighted by molar-refractivity contribution is 5.92. The van der Waals surface area contributed by atoms with E-state index in [0.717, 1.165) is 5.69 Å². The lowest BCUT2D eigenvalue weighted by Crippen LogP contribution is -2.46. The molecule has 0 bridgehead atoms. The van der Waals surface area contributed by atoms with Gasteiger partial charge < -0.3 is 24.0 Å². The quantitative estimate of drug-likeness (QED) is 0.597. The summed E-state index contributed by atoms with van der Waals surface area (Å²) in [5, 5.41) is 12.5. The van der Waals surface area contributed by atoms with Crippen molar-refractivity contribution in [2.24, 2.45) is 11.8 Å². The molecule has 2 aliphatic rings. The number of para-hydroxylation sites is 1. The van der Waals surface area contributed by atoms with Gasteiger partial charge >= 0.3 is 0 Å². The van der Waals surface area contributed by atoms with Gasteiger partial charge in [-0.3, -0.25) is 9.59 Å². The highest BCUT2D eigenvalue weighted by Gasteiger charge is 2.34. The first-order valence-corrected chi connectivity index (χ1v) is 12.0. The zero-order valence-corrected chi connectivity index (χ0v) is 19.4. The Kier molecular flexibility index (Phi) is 6.53. The number of aromatic nitrogens is 1. The maximum Gasteiger partial charge on any atom is 0.266 e. The molecule has 1 aromatic carbocycles. The van der Waals surface area contributed by atoms with Gasteiger partial charge in [-0.05, 0) is 49.9 Å². The van der Waals surface area contributed by atoms with Crippen LogP contribution in [0.4, 0.5) is 11.6 Å². The molecule has 2 aromatic heterocycles. The molecule has 2 fully saturated rings. The first-order valence-electron chi connectivity index (χ1n) is 12.0. The van der Waals surface area contributed by atoms with Gasteiger partial charge in [0, 0.05) is 43.7 Å². The Labute approximate surface area is 203 Å². The average molecular weight is 474 g/mol. The van der Waals surface area contributed by atoms with Crippen LogP contribution in [0.1, 0.15) is 31.4 Å². The summed E-state index contributed by atoms with van der Waals surface area (Å²) in [4.78, 5) is 33.9. The molecule has 2 saturated heterocycles. The number of carbonyl (C=O) groups is 2. The largest absolute Gasteiger partial charge is 0.459 e. The fraction of sp³-hybridized carbons (Fsp3) is 0.385. The standard InChI is InChI=1S/C26H27N5O4/c27-17-21-26(35-24(29-21)22-7-4-16-34-22)31-14-10-19(11-15-31)25(33)30-12-8-18(9-13-30)23(32)28-20-5-2-1-3-6-20/h1-7,16,18-19H,8-15H2,(H,28,32). The van der Waals surface area contributed by atoms with Crippen molar-refractivity contribution >= 4 is 23.4 Å². The van der Waals surface area contributed by atoms with E-state index in [4.69, 9.17) is 8.83 Å². The summed E-state index contributed by atoms with van der Waals surface area (Å²) in [6, 6.07) is 15.0. The van der Waals surface area contributed by atoms with E-state index >= 15 is 0 Å². The third-order valence-corrected chi connectivity index (χ3v) is 6.80. The molecule has 0 spiro atoms. The van der Waals surface area contributed by atoms with Crippen LogP contribution in [-0.2, 0) is 9.59 Å². The molecule has 5 rings (SSSR count). The third kappa shape index (κ3) is 4.92. The molecule has 0 saturated carbocycles. The van der Waals surface area contributed by atoms with Crippen LogP contribution >= 0.6 is 0 Å². The van der Waals surface area contributed by atoms with Gasteiger partial charge in [-0.2, -0.15) is 10.2 Å². The molecule has 35 heavy (non-hydrogen) atoms. The molecule has 2 amide bonds. The minimum Gasteiger partial charge on any atom is -0.459 e. The highest BCUT2D eigenvalue weighted by Crippen LogP contribution is 2.32. The number of nitrogens with zero attached hydrogens (tertiary/aromatic N) is 4. The molecule has 0 atom stereocenters. The van der Waals surface area contributed by atoms with Crippen LogP contribution in [0.25, 0.3) is 11.7 Å². The smallest absolute Gasteiger partial charge is 0.266 e. The number of benzene rings is 1. The van der Waals surface area contributed by atoms with E-state index in [0.29, 0.717) is 63.5 Å². The van der Waals surface area contributed by atoms with Crippen molar-refractivity contribution in [2.45, 2.75) is 25.7 Å². The van der Waals surface area contributed by atoms with Gasteiger partial charge in [0.1, 0.15) is 6.07 Å². The van der Waals surface area contributed by atoms with Crippen LogP contribution in [0, 0.1) is 23.2 Å². The van der Waals surface area contributed by atoms with E-state index in [2.05, 4.69) is 16.4 Å². The lowest BCUT2D eigenvalue weighted by molar-refractivity contribution is -0.139. The predicted molar refractivity (Wildman–Crippen MR) is 128 cm³/mol. The zero-order chi connectivity index (χ0) is 24.2. The van der Waals surface area contributed by atoms with E-state index in [1.54, 1.807) is 12.1 Å². The minimum atomic E-state index is -0.0830. The highest BCUT2D eigenvalue weighted by atomic mass is 16.4. The zero-order valence-electron chi connectivity index (χ0n) is 19.4. The number of piperidine rings is 2. The number of anilines is 2. The second-order valence-corrected chi connectivity index (χ2v) is 8.98. The van der Waals surface area contributed by atoms with Crippen LogP contribution < -0.4 is 10.2 Å². The van der Waals surface area contributed by atoms with Crippen molar-refractivity contribution in [3.63, 3.8) is 0 Å². The van der Waals surface area contributed by atoms with Crippen molar-refractivity contribution in [3.8, 4) is 17.7 Å². The lowest BCUT2D eigenvalue weighted by Gasteiger charge is -2.37. The Bertz CT molecular complexity index is 1200. The Balaban J connectivity index is 1.13. The van der Waals surface area contributed by atoms with E-state index in [9.17, 15) is 14.9 Å². The Morgan fingerprint density at radius 2 is 1.69 bits per heavy atom. The lowest BCUT2D eigenvalue weighted by atomic mass is 9.91. The monoisotopic (exact) mass is 473 g/mol. The summed E-state index contributed by atoms with van der Waals surface area (Å²) in [5.74, 6) is 1.19. The molecular formula is C26H27N5O4. The first-order chi connectivity index (χ1) is 17.1. The summed E-state index contributed by atoms with van der Waals surface area (Å²) in [6.07, 6.45) is 4.22. The van der Waals surface area contributed by atoms with Gasteiger partial charge in [-0.1, -0.05) is 18.2 Å². The summed E-state index contributed by atoms with van der Waals surface area (Å²) in [6.45, 7) is 2.40. The number of hydrogen-bond donors (Lipinski definition) is 1. The summed E-state index contributed by atoms with van der Waals surface area (Å²) >= 11 is 0. The van der Waals surface area contributed by atoms with E-state index in [1.807, 2.05) is 40.1 Å². The summed E-state index contributed by atoms with van der Waals surface area (Å²) in [5.41, 5.74) is 1.02. The van der Waals surface area contributed by atoms with Gasteiger partial charge in [0.05, 0.1) is 6.26 Å². The number of carbonyl (C=O) groups excluding carboxylic acids is 2. The van der Waals surface area contributed by atoms with Crippen LogP contribution in [0.3, 0.4) is 0 Å². The van der Waals surface area contributed by atoms with Gasteiger partial charge in [-0.15, -0.1) is 0 Å². The maximum atomic E-state index is 13.2. The summed E-state index contributed by atoms with van der Waals surface area (Å²) < 4.78 is 11.2. The average Bonchev–Trinajstić information content (AvgIpc) is 3.59. The molecule has 9 heteroatoms. The van der Waals surface area contributed by atoms with Crippen molar-refractivity contribution in [1.82, 2.24) is 9.88 Å². The molecule has 180 valence electrons. The van der Waals surface area contributed by atoms with Gasteiger partial charge in [-0.25, -0.2) is 0 Å².